The smallest absolute Gasteiger partial charge is 0.292 e. The van der Waals surface area contributed by atoms with Crippen molar-refractivity contribution in [2.24, 2.45) is 0 Å². The predicted molar refractivity (Wildman–Crippen MR) is 84.5 cm³/mol. The summed E-state index contributed by atoms with van der Waals surface area (Å²) in [4.78, 5) is 12.4. The fourth-order valence-electron chi connectivity index (χ4n) is 2.27. The minimum atomic E-state index is -0.320. The molecule has 22 heavy (non-hydrogen) atoms. The molecular weight excluding hydrogens is 278 g/mol. The van der Waals surface area contributed by atoms with E-state index in [1.165, 1.54) is 6.26 Å². The summed E-state index contributed by atoms with van der Waals surface area (Å²) in [5.41, 5.74) is 3.02. The van der Waals surface area contributed by atoms with Crippen LogP contribution in [0.1, 0.15) is 16.1 Å². The van der Waals surface area contributed by atoms with Crippen molar-refractivity contribution in [1.29, 1.82) is 0 Å². The molecular formula is C18H15NO3. The molecule has 3 rings (SSSR count). The lowest BCUT2D eigenvalue weighted by atomic mass is 10.1. The number of hydrogen-bond acceptors (Lipinski definition) is 3. The van der Waals surface area contributed by atoms with Gasteiger partial charge in [0.15, 0.2) is 5.76 Å². The molecule has 0 atom stereocenters. The van der Waals surface area contributed by atoms with Crippen molar-refractivity contribution in [1.82, 2.24) is 0 Å². The Morgan fingerprint density at radius 2 is 1.86 bits per heavy atom. The van der Waals surface area contributed by atoms with Gasteiger partial charge < -0.3 is 14.8 Å². The lowest BCUT2D eigenvalue weighted by Gasteiger charge is -2.06. The fraction of sp³-hybridized carbons (Fsp3) is 0.0556. The average Bonchev–Trinajstić information content (AvgIpc) is 3.05. The van der Waals surface area contributed by atoms with Crippen molar-refractivity contribution >= 4 is 11.6 Å². The predicted octanol–water partition coefficient (Wildman–Crippen LogP) is 3.69. The number of aliphatic hydroxyl groups is 1. The fourth-order valence-corrected chi connectivity index (χ4v) is 2.27. The van der Waals surface area contributed by atoms with Gasteiger partial charge in [-0.1, -0.05) is 42.5 Å². The first-order valence-electron chi connectivity index (χ1n) is 6.92. The summed E-state index contributed by atoms with van der Waals surface area (Å²) in [7, 11) is 0. The van der Waals surface area contributed by atoms with Gasteiger partial charge >= 0.3 is 0 Å². The van der Waals surface area contributed by atoms with Gasteiger partial charge in [0.1, 0.15) is 0 Å². The number of amides is 1. The molecule has 0 bridgehead atoms. The van der Waals surface area contributed by atoms with Crippen molar-refractivity contribution in [3.05, 3.63) is 78.3 Å². The molecule has 4 heteroatoms. The van der Waals surface area contributed by atoms with E-state index >= 15 is 0 Å². The van der Waals surface area contributed by atoms with Gasteiger partial charge in [-0.15, -0.1) is 0 Å². The van der Waals surface area contributed by atoms with Crippen LogP contribution in [0.15, 0.2) is 71.3 Å². The van der Waals surface area contributed by atoms with E-state index in [0.717, 1.165) is 16.7 Å². The first kappa shape index (κ1) is 14.1. The summed E-state index contributed by atoms with van der Waals surface area (Å²) in [5, 5.41) is 11.9. The van der Waals surface area contributed by atoms with Crippen molar-refractivity contribution in [2.45, 2.75) is 6.61 Å². The molecule has 0 radical (unpaired) electrons. The number of rotatable bonds is 4. The first-order chi connectivity index (χ1) is 10.8. The van der Waals surface area contributed by atoms with Gasteiger partial charge in [-0.05, 0) is 29.3 Å². The van der Waals surface area contributed by atoms with Crippen LogP contribution < -0.4 is 5.32 Å². The molecule has 2 N–H and O–H groups in total. The Kier molecular flexibility index (Phi) is 4.03. The van der Waals surface area contributed by atoms with Crippen molar-refractivity contribution < 1.29 is 14.3 Å². The number of anilines is 1. The maximum absolute atomic E-state index is 12.4. The minimum absolute atomic E-state index is 0.0697. The number of aliphatic hydroxyl groups excluding tert-OH is 1. The first-order valence-corrected chi connectivity index (χ1v) is 6.92. The Bertz CT molecular complexity index is 778. The molecule has 0 saturated carbocycles. The largest absolute Gasteiger partial charge is 0.459 e. The van der Waals surface area contributed by atoms with Crippen LogP contribution in [0.4, 0.5) is 5.69 Å². The highest BCUT2D eigenvalue weighted by Gasteiger charge is 2.16. The maximum atomic E-state index is 12.4. The third-order valence-corrected chi connectivity index (χ3v) is 3.32. The van der Waals surface area contributed by atoms with Gasteiger partial charge in [-0.3, -0.25) is 4.79 Å². The third-order valence-electron chi connectivity index (χ3n) is 3.32. The van der Waals surface area contributed by atoms with E-state index in [2.05, 4.69) is 5.32 Å². The molecule has 0 aliphatic heterocycles. The van der Waals surface area contributed by atoms with Gasteiger partial charge in [0.05, 0.1) is 12.9 Å². The number of benzene rings is 2. The normalized spacial score (nSPS) is 10.4. The van der Waals surface area contributed by atoms with E-state index in [4.69, 9.17) is 9.52 Å². The highest BCUT2D eigenvalue weighted by Crippen LogP contribution is 2.25. The summed E-state index contributed by atoms with van der Waals surface area (Å²) in [6.07, 6.45) is 1.50. The molecule has 4 nitrogen and oxygen atoms in total. The molecule has 0 spiro atoms. The third kappa shape index (κ3) is 2.92. The van der Waals surface area contributed by atoms with E-state index in [1.54, 1.807) is 30.3 Å². The van der Waals surface area contributed by atoms with E-state index in [0.29, 0.717) is 5.69 Å². The molecule has 0 fully saturated rings. The Hall–Kier alpha value is -2.85. The second-order valence-corrected chi connectivity index (χ2v) is 4.84. The van der Waals surface area contributed by atoms with Gasteiger partial charge in [0.25, 0.3) is 5.91 Å². The number of carbonyl (C=O) groups is 1. The zero-order valence-electron chi connectivity index (χ0n) is 11.8. The summed E-state index contributed by atoms with van der Waals surface area (Å²) in [6, 6.07) is 18.4. The molecule has 0 aliphatic rings. The molecule has 0 unspecified atom stereocenters. The van der Waals surface area contributed by atoms with Gasteiger partial charge in [-0.2, -0.15) is 0 Å². The van der Waals surface area contributed by atoms with Crippen LogP contribution in [0.2, 0.25) is 0 Å². The SMILES string of the molecule is O=C(Nc1cccc(CO)c1)c1occc1-c1ccccc1. The summed E-state index contributed by atoms with van der Waals surface area (Å²) < 4.78 is 5.35. The van der Waals surface area contributed by atoms with Crippen LogP contribution in [0.3, 0.4) is 0 Å². The number of hydrogen-bond donors (Lipinski definition) is 2. The number of nitrogens with one attached hydrogen (secondary N) is 1. The van der Waals surface area contributed by atoms with Crippen LogP contribution in [-0.4, -0.2) is 11.0 Å². The van der Waals surface area contributed by atoms with Crippen molar-refractivity contribution in [3.8, 4) is 11.1 Å². The molecule has 0 saturated heterocycles. The molecule has 2 aromatic carbocycles. The van der Waals surface area contributed by atoms with E-state index in [1.807, 2.05) is 30.3 Å². The maximum Gasteiger partial charge on any atom is 0.292 e. The number of furan rings is 1. The van der Waals surface area contributed by atoms with Gasteiger partial charge in [0, 0.05) is 11.3 Å². The lowest BCUT2D eigenvalue weighted by molar-refractivity contribution is 0.0997. The molecule has 1 amide bonds. The van der Waals surface area contributed by atoms with Gasteiger partial charge in [0.2, 0.25) is 0 Å². The summed E-state index contributed by atoms with van der Waals surface area (Å²) >= 11 is 0. The molecule has 0 aliphatic carbocycles. The quantitative estimate of drug-likeness (QED) is 0.771. The van der Waals surface area contributed by atoms with Crippen LogP contribution in [-0.2, 0) is 6.61 Å². The van der Waals surface area contributed by atoms with Crippen LogP contribution in [0.5, 0.6) is 0 Å². The lowest BCUT2D eigenvalue weighted by Crippen LogP contribution is -2.12. The van der Waals surface area contributed by atoms with E-state index in [9.17, 15) is 4.79 Å². The monoisotopic (exact) mass is 293 g/mol. The van der Waals surface area contributed by atoms with E-state index in [-0.39, 0.29) is 18.3 Å². The Balaban J connectivity index is 1.86. The highest BCUT2D eigenvalue weighted by molar-refractivity contribution is 6.06. The highest BCUT2D eigenvalue weighted by atomic mass is 16.3. The summed E-state index contributed by atoms with van der Waals surface area (Å²) in [6.45, 7) is -0.0697. The molecule has 1 heterocycles. The van der Waals surface area contributed by atoms with Crippen LogP contribution >= 0.6 is 0 Å². The van der Waals surface area contributed by atoms with E-state index < -0.39 is 0 Å². The summed E-state index contributed by atoms with van der Waals surface area (Å²) in [5.74, 6) is -0.0560. The van der Waals surface area contributed by atoms with Crippen molar-refractivity contribution in [2.75, 3.05) is 5.32 Å². The van der Waals surface area contributed by atoms with Crippen LogP contribution in [0, 0.1) is 0 Å². The van der Waals surface area contributed by atoms with Gasteiger partial charge in [-0.25, -0.2) is 0 Å². The Morgan fingerprint density at radius 1 is 1.05 bits per heavy atom. The molecule has 110 valence electrons. The Labute approximate surface area is 128 Å². The standard InChI is InChI=1S/C18H15NO3/c20-12-13-5-4-8-15(11-13)19-18(21)17-16(9-10-22-17)14-6-2-1-3-7-14/h1-11,20H,12H2,(H,19,21). The second kappa shape index (κ2) is 6.28. The minimum Gasteiger partial charge on any atom is -0.459 e. The topological polar surface area (TPSA) is 62.5 Å². The average molecular weight is 293 g/mol. The zero-order valence-corrected chi connectivity index (χ0v) is 11.8. The zero-order chi connectivity index (χ0) is 15.4. The molecule has 3 aromatic rings. The molecule has 1 aromatic heterocycles. The Morgan fingerprint density at radius 3 is 2.64 bits per heavy atom. The number of carbonyl (C=O) groups excluding carboxylic acids is 1. The van der Waals surface area contributed by atoms with Crippen LogP contribution in [0.25, 0.3) is 11.1 Å². The van der Waals surface area contributed by atoms with Crippen molar-refractivity contribution in [3.63, 3.8) is 0 Å². The second-order valence-electron chi connectivity index (χ2n) is 4.84.